The number of ether oxygens (including phenoxy) is 1. The largest absolute Gasteiger partial charge is 0.375 e. The van der Waals surface area contributed by atoms with Crippen LogP contribution >= 0.6 is 0 Å². The zero-order valence-electron chi connectivity index (χ0n) is 10.4. The molecular weight excluding hydrogens is 242 g/mol. The van der Waals surface area contributed by atoms with Crippen LogP contribution in [0.4, 0.5) is 0 Å². The summed E-state index contributed by atoms with van der Waals surface area (Å²) in [5, 5.41) is 0. The Balaban J connectivity index is 2.13. The molecule has 0 bridgehead atoms. The molecule has 2 saturated heterocycles. The van der Waals surface area contributed by atoms with E-state index in [1.54, 1.807) is 4.31 Å². The van der Waals surface area contributed by atoms with Crippen LogP contribution in [0.3, 0.4) is 0 Å². The lowest BCUT2D eigenvalue weighted by atomic mass is 10.2. The van der Waals surface area contributed by atoms with E-state index in [0.717, 1.165) is 6.42 Å². The molecule has 2 rings (SSSR count). The van der Waals surface area contributed by atoms with Gasteiger partial charge < -0.3 is 10.5 Å². The van der Waals surface area contributed by atoms with Gasteiger partial charge in [-0.2, -0.15) is 17.0 Å². The summed E-state index contributed by atoms with van der Waals surface area (Å²) in [7, 11) is -3.37. The van der Waals surface area contributed by atoms with Gasteiger partial charge in [0.05, 0.1) is 12.7 Å². The van der Waals surface area contributed by atoms with Crippen molar-refractivity contribution in [2.24, 2.45) is 5.73 Å². The molecule has 0 aromatic heterocycles. The highest BCUT2D eigenvalue weighted by atomic mass is 32.2. The molecule has 100 valence electrons. The Morgan fingerprint density at radius 1 is 1.29 bits per heavy atom. The summed E-state index contributed by atoms with van der Waals surface area (Å²) in [6.45, 7) is 5.61. The number of morpholine rings is 1. The van der Waals surface area contributed by atoms with Crippen LogP contribution < -0.4 is 5.73 Å². The van der Waals surface area contributed by atoms with Crippen LogP contribution in [-0.2, 0) is 14.9 Å². The van der Waals surface area contributed by atoms with Crippen LogP contribution in [0.25, 0.3) is 0 Å². The second kappa shape index (κ2) is 4.81. The summed E-state index contributed by atoms with van der Waals surface area (Å²) in [6.07, 6.45) is 0.699. The molecule has 2 heterocycles. The fourth-order valence-electron chi connectivity index (χ4n) is 2.31. The number of nitrogens with zero attached hydrogens (tertiary/aromatic N) is 2. The fraction of sp³-hybridized carbons (Fsp3) is 1.00. The zero-order chi connectivity index (χ0) is 12.6. The number of hydrogen-bond donors (Lipinski definition) is 1. The Bertz CT molecular complexity index is 373. The van der Waals surface area contributed by atoms with Crippen LogP contribution in [0.5, 0.6) is 0 Å². The van der Waals surface area contributed by atoms with Gasteiger partial charge in [0.1, 0.15) is 0 Å². The summed E-state index contributed by atoms with van der Waals surface area (Å²) in [5.41, 5.74) is 5.76. The first-order valence-electron chi connectivity index (χ1n) is 6.05. The molecule has 2 aliphatic heterocycles. The van der Waals surface area contributed by atoms with Gasteiger partial charge in [-0.25, -0.2) is 0 Å². The van der Waals surface area contributed by atoms with E-state index < -0.39 is 10.2 Å². The number of hydrogen-bond acceptors (Lipinski definition) is 4. The maximum Gasteiger partial charge on any atom is 0.282 e. The SMILES string of the molecule is C[C@@H]1CO[C@@H](C)CN1S(=O)(=O)N1CC[C@H](N)C1. The van der Waals surface area contributed by atoms with E-state index >= 15 is 0 Å². The Morgan fingerprint density at radius 3 is 2.59 bits per heavy atom. The topological polar surface area (TPSA) is 75.9 Å². The van der Waals surface area contributed by atoms with Crippen molar-refractivity contribution in [2.45, 2.75) is 38.5 Å². The van der Waals surface area contributed by atoms with Gasteiger partial charge >= 0.3 is 0 Å². The molecule has 17 heavy (non-hydrogen) atoms. The van der Waals surface area contributed by atoms with Gasteiger partial charge in [-0.3, -0.25) is 0 Å². The van der Waals surface area contributed by atoms with E-state index in [2.05, 4.69) is 0 Å². The van der Waals surface area contributed by atoms with Crippen LogP contribution in [0, 0.1) is 0 Å². The lowest BCUT2D eigenvalue weighted by Crippen LogP contribution is -2.54. The van der Waals surface area contributed by atoms with Crippen LogP contribution in [0.2, 0.25) is 0 Å². The average molecular weight is 263 g/mol. The molecule has 0 aromatic rings. The van der Waals surface area contributed by atoms with E-state index in [9.17, 15) is 8.42 Å². The molecule has 0 saturated carbocycles. The summed E-state index contributed by atoms with van der Waals surface area (Å²) >= 11 is 0. The van der Waals surface area contributed by atoms with E-state index in [0.29, 0.717) is 26.2 Å². The third-order valence-electron chi connectivity index (χ3n) is 3.36. The van der Waals surface area contributed by atoms with Crippen molar-refractivity contribution in [1.29, 1.82) is 0 Å². The quantitative estimate of drug-likeness (QED) is 0.720. The number of nitrogens with two attached hydrogens (primary N) is 1. The minimum Gasteiger partial charge on any atom is -0.375 e. The minimum atomic E-state index is -3.37. The average Bonchev–Trinajstić information content (AvgIpc) is 2.69. The van der Waals surface area contributed by atoms with E-state index in [-0.39, 0.29) is 18.2 Å². The molecule has 0 radical (unpaired) electrons. The summed E-state index contributed by atoms with van der Waals surface area (Å²) < 4.78 is 33.3. The Hall–Kier alpha value is -0.210. The highest BCUT2D eigenvalue weighted by Crippen LogP contribution is 2.21. The maximum absolute atomic E-state index is 12.4. The smallest absolute Gasteiger partial charge is 0.282 e. The highest BCUT2D eigenvalue weighted by Gasteiger charge is 2.39. The molecule has 0 aromatic carbocycles. The van der Waals surface area contributed by atoms with Crippen LogP contribution in [-0.4, -0.2) is 61.5 Å². The van der Waals surface area contributed by atoms with Crippen molar-refractivity contribution in [1.82, 2.24) is 8.61 Å². The molecule has 0 amide bonds. The van der Waals surface area contributed by atoms with E-state index in [1.807, 2.05) is 13.8 Å². The molecule has 6 nitrogen and oxygen atoms in total. The summed E-state index contributed by atoms with van der Waals surface area (Å²) in [6, 6.07) is -0.133. The van der Waals surface area contributed by atoms with Gasteiger partial charge in [-0.05, 0) is 20.3 Å². The lowest BCUT2D eigenvalue weighted by molar-refractivity contribution is -0.0188. The molecule has 0 spiro atoms. The van der Waals surface area contributed by atoms with Crippen molar-refractivity contribution in [3.05, 3.63) is 0 Å². The van der Waals surface area contributed by atoms with Gasteiger partial charge in [0.15, 0.2) is 0 Å². The highest BCUT2D eigenvalue weighted by molar-refractivity contribution is 7.86. The van der Waals surface area contributed by atoms with Gasteiger partial charge in [0, 0.05) is 31.7 Å². The monoisotopic (exact) mass is 263 g/mol. The first kappa shape index (κ1) is 13.2. The molecule has 2 fully saturated rings. The van der Waals surface area contributed by atoms with Crippen LogP contribution in [0.15, 0.2) is 0 Å². The van der Waals surface area contributed by atoms with Gasteiger partial charge in [0.2, 0.25) is 0 Å². The third-order valence-corrected chi connectivity index (χ3v) is 5.45. The normalized spacial score (nSPS) is 37.5. The molecular formula is C10H21N3O3S. The van der Waals surface area contributed by atoms with Crippen molar-refractivity contribution >= 4 is 10.2 Å². The van der Waals surface area contributed by atoms with Gasteiger partial charge in [-0.15, -0.1) is 0 Å². The second-order valence-electron chi connectivity index (χ2n) is 4.98. The molecule has 2 N–H and O–H groups in total. The predicted molar refractivity (Wildman–Crippen MR) is 64.7 cm³/mol. The van der Waals surface area contributed by atoms with Gasteiger partial charge in [-0.1, -0.05) is 0 Å². The van der Waals surface area contributed by atoms with Crippen molar-refractivity contribution in [2.75, 3.05) is 26.2 Å². The Kier molecular flexibility index (Phi) is 3.74. The maximum atomic E-state index is 12.4. The third kappa shape index (κ3) is 2.63. The number of rotatable bonds is 2. The molecule has 7 heteroatoms. The van der Waals surface area contributed by atoms with E-state index in [1.165, 1.54) is 4.31 Å². The summed E-state index contributed by atoms with van der Waals surface area (Å²) in [5.74, 6) is 0. The summed E-state index contributed by atoms with van der Waals surface area (Å²) in [4.78, 5) is 0. The van der Waals surface area contributed by atoms with Crippen LogP contribution in [0.1, 0.15) is 20.3 Å². The molecule has 3 atom stereocenters. The minimum absolute atomic E-state index is 0.0291. The molecule has 2 aliphatic rings. The van der Waals surface area contributed by atoms with E-state index in [4.69, 9.17) is 10.5 Å². The zero-order valence-corrected chi connectivity index (χ0v) is 11.2. The lowest BCUT2D eigenvalue weighted by Gasteiger charge is -2.37. The van der Waals surface area contributed by atoms with Gasteiger partial charge in [0.25, 0.3) is 10.2 Å². The Morgan fingerprint density at radius 2 is 2.00 bits per heavy atom. The second-order valence-corrected chi connectivity index (χ2v) is 6.86. The molecule has 0 aliphatic carbocycles. The standard InChI is InChI=1S/C10H21N3O3S/c1-8-7-16-9(2)5-13(8)17(14,15)12-4-3-10(11)6-12/h8-10H,3-7,11H2,1-2H3/t8-,9+,10+/m1/s1. The van der Waals surface area contributed by atoms with Crippen molar-refractivity contribution < 1.29 is 13.2 Å². The van der Waals surface area contributed by atoms with Crippen molar-refractivity contribution in [3.8, 4) is 0 Å². The first-order chi connectivity index (χ1) is 7.91. The molecule has 0 unspecified atom stereocenters. The first-order valence-corrected chi connectivity index (χ1v) is 7.45. The Labute approximate surface area is 103 Å². The van der Waals surface area contributed by atoms with Crippen molar-refractivity contribution in [3.63, 3.8) is 0 Å². The fourth-order valence-corrected chi connectivity index (χ4v) is 4.23. The predicted octanol–water partition coefficient (Wildman–Crippen LogP) is -0.627.